The minimum Gasteiger partial charge on any atom is -0.496 e. The number of aromatic nitrogens is 1. The number of nitrogens with two attached hydrogens (primary N) is 1. The van der Waals surface area contributed by atoms with Crippen molar-refractivity contribution in [3.63, 3.8) is 0 Å². The van der Waals surface area contributed by atoms with Crippen LogP contribution in [0, 0.1) is 18.4 Å². The average molecular weight is 347 g/mol. The molecule has 0 aliphatic carbocycles. The number of aryl methyl sites for hydroxylation is 1. The van der Waals surface area contributed by atoms with E-state index in [4.69, 9.17) is 14.9 Å². The van der Waals surface area contributed by atoms with Crippen LogP contribution in [0.1, 0.15) is 5.56 Å². The number of anilines is 1. The SMILES string of the molecule is COc1cc(N(C#N)/C(N)=N/c2ccc(C)cc2)ccc1-c1cnco1. The van der Waals surface area contributed by atoms with Gasteiger partial charge in [-0.2, -0.15) is 5.26 Å². The Kier molecular flexibility index (Phi) is 4.85. The monoisotopic (exact) mass is 347 g/mol. The highest BCUT2D eigenvalue weighted by molar-refractivity contribution is 5.99. The van der Waals surface area contributed by atoms with E-state index in [1.807, 2.05) is 37.4 Å². The number of benzene rings is 2. The van der Waals surface area contributed by atoms with Crippen molar-refractivity contribution in [1.82, 2.24) is 4.98 Å². The summed E-state index contributed by atoms with van der Waals surface area (Å²) in [5.41, 5.74) is 9.07. The number of nitrogens with zero attached hydrogens (tertiary/aromatic N) is 4. The van der Waals surface area contributed by atoms with E-state index in [-0.39, 0.29) is 5.96 Å². The van der Waals surface area contributed by atoms with Crippen molar-refractivity contribution in [2.75, 3.05) is 12.0 Å². The molecule has 3 rings (SSSR count). The summed E-state index contributed by atoms with van der Waals surface area (Å²) in [6, 6.07) is 12.7. The number of aliphatic imine (C=N–C) groups is 1. The third-order valence-electron chi connectivity index (χ3n) is 3.75. The minimum absolute atomic E-state index is 0.0609. The fraction of sp³-hybridized carbons (Fsp3) is 0.105. The molecule has 2 aromatic carbocycles. The van der Waals surface area contributed by atoms with Crippen molar-refractivity contribution < 1.29 is 9.15 Å². The summed E-state index contributed by atoms with van der Waals surface area (Å²) >= 11 is 0. The first-order valence-corrected chi connectivity index (χ1v) is 7.80. The van der Waals surface area contributed by atoms with Gasteiger partial charge in [0.2, 0.25) is 5.96 Å². The molecule has 0 radical (unpaired) electrons. The van der Waals surface area contributed by atoms with Crippen molar-refractivity contribution in [3.8, 4) is 23.3 Å². The molecular weight excluding hydrogens is 330 g/mol. The van der Waals surface area contributed by atoms with E-state index in [9.17, 15) is 5.26 Å². The van der Waals surface area contributed by atoms with Gasteiger partial charge in [0, 0.05) is 6.07 Å². The van der Waals surface area contributed by atoms with Gasteiger partial charge in [0.15, 0.2) is 18.3 Å². The zero-order valence-electron chi connectivity index (χ0n) is 14.4. The predicted molar refractivity (Wildman–Crippen MR) is 99.0 cm³/mol. The summed E-state index contributed by atoms with van der Waals surface area (Å²) in [6.45, 7) is 1.99. The molecule has 1 heterocycles. The van der Waals surface area contributed by atoms with Crippen LogP contribution >= 0.6 is 0 Å². The van der Waals surface area contributed by atoms with E-state index >= 15 is 0 Å². The highest BCUT2D eigenvalue weighted by atomic mass is 16.5. The lowest BCUT2D eigenvalue weighted by Crippen LogP contribution is -2.33. The lowest BCUT2D eigenvalue weighted by molar-refractivity contribution is 0.415. The third kappa shape index (κ3) is 3.49. The van der Waals surface area contributed by atoms with E-state index in [2.05, 4.69) is 9.98 Å². The summed E-state index contributed by atoms with van der Waals surface area (Å²) in [7, 11) is 1.54. The maximum Gasteiger partial charge on any atom is 0.214 e. The molecule has 0 bridgehead atoms. The molecule has 0 saturated heterocycles. The molecule has 0 aliphatic rings. The van der Waals surface area contributed by atoms with Crippen molar-refractivity contribution in [2.24, 2.45) is 10.7 Å². The van der Waals surface area contributed by atoms with Gasteiger partial charge in [-0.1, -0.05) is 17.7 Å². The van der Waals surface area contributed by atoms with Crippen molar-refractivity contribution in [2.45, 2.75) is 6.92 Å². The Morgan fingerprint density at radius 2 is 2.04 bits per heavy atom. The van der Waals surface area contributed by atoms with Gasteiger partial charge in [-0.05, 0) is 31.2 Å². The van der Waals surface area contributed by atoms with Crippen molar-refractivity contribution in [3.05, 3.63) is 60.6 Å². The smallest absolute Gasteiger partial charge is 0.214 e. The Morgan fingerprint density at radius 3 is 2.65 bits per heavy atom. The van der Waals surface area contributed by atoms with Crippen LogP contribution in [0.3, 0.4) is 0 Å². The first-order valence-electron chi connectivity index (χ1n) is 7.80. The third-order valence-corrected chi connectivity index (χ3v) is 3.75. The second-order valence-electron chi connectivity index (χ2n) is 5.49. The number of ether oxygens (including phenoxy) is 1. The van der Waals surface area contributed by atoms with Crippen LogP contribution in [0.5, 0.6) is 5.75 Å². The largest absolute Gasteiger partial charge is 0.496 e. The van der Waals surface area contributed by atoms with Crippen LogP contribution in [0.4, 0.5) is 11.4 Å². The summed E-state index contributed by atoms with van der Waals surface area (Å²) < 4.78 is 10.7. The molecule has 3 aromatic rings. The van der Waals surface area contributed by atoms with Crippen LogP contribution in [-0.4, -0.2) is 18.1 Å². The predicted octanol–water partition coefficient (Wildman–Crippen LogP) is 3.59. The normalized spacial score (nSPS) is 11.0. The second-order valence-corrected chi connectivity index (χ2v) is 5.49. The number of hydrogen-bond acceptors (Lipinski definition) is 5. The summed E-state index contributed by atoms with van der Waals surface area (Å²) in [5.74, 6) is 1.16. The number of rotatable bonds is 4. The van der Waals surface area contributed by atoms with Gasteiger partial charge < -0.3 is 14.9 Å². The molecule has 0 aliphatic heterocycles. The number of hydrogen-bond donors (Lipinski definition) is 1. The van der Waals surface area contributed by atoms with Crippen LogP contribution < -0.4 is 15.4 Å². The van der Waals surface area contributed by atoms with Gasteiger partial charge >= 0.3 is 0 Å². The van der Waals surface area contributed by atoms with Crippen molar-refractivity contribution >= 4 is 17.3 Å². The lowest BCUT2D eigenvalue weighted by atomic mass is 10.1. The standard InChI is InChI=1S/C19H17N5O2/c1-13-3-5-14(6-4-13)23-19(21)24(11-20)15-7-8-16(17(9-15)25-2)18-10-22-12-26-18/h3-10,12H,1-2H3,(H2,21,23). The van der Waals surface area contributed by atoms with Crippen LogP contribution in [0.2, 0.25) is 0 Å². The fourth-order valence-electron chi connectivity index (χ4n) is 2.41. The van der Waals surface area contributed by atoms with Gasteiger partial charge in [0.1, 0.15) is 5.75 Å². The quantitative estimate of drug-likeness (QED) is 0.335. The molecule has 130 valence electrons. The van der Waals surface area contributed by atoms with Crippen molar-refractivity contribution in [1.29, 1.82) is 5.26 Å². The maximum absolute atomic E-state index is 9.53. The zero-order chi connectivity index (χ0) is 18.5. The summed E-state index contributed by atoms with van der Waals surface area (Å²) in [6.07, 6.45) is 4.98. The molecule has 1 aromatic heterocycles. The Morgan fingerprint density at radius 1 is 1.27 bits per heavy atom. The fourth-order valence-corrected chi connectivity index (χ4v) is 2.41. The molecule has 26 heavy (non-hydrogen) atoms. The highest BCUT2D eigenvalue weighted by Gasteiger charge is 2.15. The van der Waals surface area contributed by atoms with Gasteiger partial charge in [-0.3, -0.25) is 0 Å². The topological polar surface area (TPSA) is 101 Å². The molecule has 2 N–H and O–H groups in total. The van der Waals surface area contributed by atoms with E-state index in [1.54, 1.807) is 31.5 Å². The Labute approximate surface area is 151 Å². The molecule has 7 nitrogen and oxygen atoms in total. The average Bonchev–Trinajstić information content (AvgIpc) is 3.18. The van der Waals surface area contributed by atoms with Gasteiger partial charge in [0.05, 0.1) is 30.2 Å². The van der Waals surface area contributed by atoms with E-state index in [1.165, 1.54) is 11.3 Å². The number of methoxy groups -OCH3 is 1. The van der Waals surface area contributed by atoms with E-state index in [0.717, 1.165) is 11.1 Å². The Hall–Kier alpha value is -3.79. The Bertz CT molecular complexity index is 957. The van der Waals surface area contributed by atoms with E-state index < -0.39 is 0 Å². The Balaban J connectivity index is 1.95. The minimum atomic E-state index is 0.0609. The summed E-state index contributed by atoms with van der Waals surface area (Å²) in [4.78, 5) is 9.44. The van der Waals surface area contributed by atoms with Gasteiger partial charge in [-0.15, -0.1) is 0 Å². The van der Waals surface area contributed by atoms with Crippen LogP contribution in [-0.2, 0) is 0 Å². The molecule has 0 unspecified atom stereocenters. The first-order chi connectivity index (χ1) is 12.6. The second kappa shape index (κ2) is 7.40. The molecule has 0 saturated carbocycles. The summed E-state index contributed by atoms with van der Waals surface area (Å²) in [5, 5.41) is 9.53. The van der Waals surface area contributed by atoms with Crippen LogP contribution in [0.15, 0.2) is 64.5 Å². The first kappa shape index (κ1) is 17.0. The van der Waals surface area contributed by atoms with E-state index in [0.29, 0.717) is 22.9 Å². The van der Waals surface area contributed by atoms with Gasteiger partial charge in [-0.25, -0.2) is 14.9 Å². The molecule has 0 amide bonds. The molecule has 0 spiro atoms. The lowest BCUT2D eigenvalue weighted by Gasteiger charge is -2.16. The number of oxazole rings is 1. The molecule has 0 fully saturated rings. The molecule has 7 heteroatoms. The molecule has 0 atom stereocenters. The van der Waals surface area contributed by atoms with Crippen LogP contribution in [0.25, 0.3) is 11.3 Å². The number of guanidine groups is 1. The van der Waals surface area contributed by atoms with Gasteiger partial charge in [0.25, 0.3) is 0 Å². The zero-order valence-corrected chi connectivity index (χ0v) is 14.4. The highest BCUT2D eigenvalue weighted by Crippen LogP contribution is 2.33. The molecular formula is C19H17N5O2. The number of nitriles is 1. The maximum atomic E-state index is 9.53.